The van der Waals surface area contributed by atoms with Crippen molar-refractivity contribution >= 4 is 46.6 Å². The van der Waals surface area contributed by atoms with Crippen LogP contribution in [0.15, 0.2) is 18.2 Å². The molecule has 104 valence electrons. The van der Waals surface area contributed by atoms with Crippen LogP contribution < -0.4 is 10.9 Å². The third-order valence-electron chi connectivity index (χ3n) is 3.01. The number of nitrogens with one attached hydrogen (secondary N) is 2. The van der Waals surface area contributed by atoms with Gasteiger partial charge in [-0.2, -0.15) is 11.8 Å². The smallest absolute Gasteiger partial charge is 0.270 e. The summed E-state index contributed by atoms with van der Waals surface area (Å²) in [5.74, 6) is 1.09. The van der Waals surface area contributed by atoms with Crippen molar-refractivity contribution in [2.75, 3.05) is 16.9 Å². The van der Waals surface area contributed by atoms with E-state index in [1.54, 1.807) is 30.0 Å². The molecule has 2 rings (SSSR count). The van der Waals surface area contributed by atoms with Crippen molar-refractivity contribution in [3.8, 4) is 0 Å². The maximum atomic E-state index is 12.0. The van der Waals surface area contributed by atoms with Crippen molar-refractivity contribution in [1.29, 1.82) is 0 Å². The molecule has 1 fully saturated rings. The lowest BCUT2D eigenvalue weighted by Gasteiger charge is -2.30. The highest BCUT2D eigenvalue weighted by Crippen LogP contribution is 2.30. The summed E-state index contributed by atoms with van der Waals surface area (Å²) in [7, 11) is 0. The predicted octanol–water partition coefficient (Wildman–Crippen LogP) is 2.69. The van der Waals surface area contributed by atoms with Gasteiger partial charge in [0.25, 0.3) is 5.91 Å². The van der Waals surface area contributed by atoms with Crippen LogP contribution in [0, 0.1) is 0 Å². The van der Waals surface area contributed by atoms with Crippen molar-refractivity contribution < 1.29 is 9.90 Å². The van der Waals surface area contributed by atoms with Crippen molar-refractivity contribution in [2.24, 2.45) is 0 Å². The molecule has 0 bridgehead atoms. The van der Waals surface area contributed by atoms with Gasteiger partial charge in [0.05, 0.1) is 15.7 Å². The van der Waals surface area contributed by atoms with Crippen LogP contribution in [0.25, 0.3) is 0 Å². The Morgan fingerprint density at radius 3 is 2.42 bits per heavy atom. The number of hydrazine groups is 1. The standard InChI is InChI=1S/C12H14Cl2N2O2S/c13-8-2-1-3-9(14)10(8)15-16-11(17)12(18)4-6-19-7-5-12/h1-3,15,18H,4-7H2,(H,16,17). The van der Waals surface area contributed by atoms with Crippen molar-refractivity contribution in [3.05, 3.63) is 28.2 Å². The molecule has 0 saturated carbocycles. The number of aliphatic hydroxyl groups is 1. The summed E-state index contributed by atoms with van der Waals surface area (Å²) in [5, 5.41) is 11.0. The van der Waals surface area contributed by atoms with Crippen molar-refractivity contribution in [1.82, 2.24) is 5.43 Å². The topological polar surface area (TPSA) is 61.4 Å². The molecular weight excluding hydrogens is 307 g/mol. The van der Waals surface area contributed by atoms with Gasteiger partial charge in [-0.3, -0.25) is 15.6 Å². The molecule has 1 aliphatic rings. The minimum atomic E-state index is -1.31. The maximum absolute atomic E-state index is 12.0. The van der Waals surface area contributed by atoms with E-state index in [-0.39, 0.29) is 0 Å². The molecule has 1 aromatic rings. The van der Waals surface area contributed by atoms with Gasteiger partial charge in [-0.1, -0.05) is 29.3 Å². The Morgan fingerprint density at radius 2 is 1.84 bits per heavy atom. The van der Waals surface area contributed by atoms with Crippen LogP contribution in [0.1, 0.15) is 12.8 Å². The number of hydrogen-bond donors (Lipinski definition) is 3. The Morgan fingerprint density at radius 1 is 1.26 bits per heavy atom. The number of para-hydroxylation sites is 1. The van der Waals surface area contributed by atoms with Crippen LogP contribution in [0.5, 0.6) is 0 Å². The van der Waals surface area contributed by atoms with Crippen molar-refractivity contribution in [3.63, 3.8) is 0 Å². The van der Waals surface area contributed by atoms with E-state index in [1.165, 1.54) is 0 Å². The Balaban J connectivity index is 2.00. The van der Waals surface area contributed by atoms with E-state index in [2.05, 4.69) is 10.9 Å². The van der Waals surface area contributed by atoms with E-state index >= 15 is 0 Å². The summed E-state index contributed by atoms with van der Waals surface area (Å²) >= 11 is 13.7. The molecule has 1 amide bonds. The second kappa shape index (κ2) is 6.22. The molecule has 1 aromatic carbocycles. The monoisotopic (exact) mass is 320 g/mol. The first-order valence-electron chi connectivity index (χ1n) is 5.83. The fourth-order valence-electron chi connectivity index (χ4n) is 1.79. The highest BCUT2D eigenvalue weighted by molar-refractivity contribution is 7.99. The Bertz CT molecular complexity index is 459. The van der Waals surface area contributed by atoms with E-state index in [1.807, 2.05) is 0 Å². The lowest BCUT2D eigenvalue weighted by molar-refractivity contribution is -0.139. The number of thioether (sulfide) groups is 1. The third-order valence-corrected chi connectivity index (χ3v) is 4.62. The van der Waals surface area contributed by atoms with Gasteiger partial charge in [0.2, 0.25) is 0 Å². The van der Waals surface area contributed by atoms with E-state index < -0.39 is 11.5 Å². The SMILES string of the molecule is O=C(NNc1c(Cl)cccc1Cl)C1(O)CCSCC1. The van der Waals surface area contributed by atoms with Crippen molar-refractivity contribution in [2.45, 2.75) is 18.4 Å². The first-order valence-corrected chi connectivity index (χ1v) is 7.74. The molecule has 7 heteroatoms. The largest absolute Gasteiger partial charge is 0.380 e. The second-order valence-electron chi connectivity index (χ2n) is 4.32. The zero-order chi connectivity index (χ0) is 13.9. The Labute approximate surface area is 125 Å². The Kier molecular flexibility index (Phi) is 4.84. The molecule has 0 aromatic heterocycles. The molecule has 1 aliphatic heterocycles. The fourth-order valence-corrected chi connectivity index (χ4v) is 3.45. The van der Waals surface area contributed by atoms with E-state index in [0.717, 1.165) is 11.5 Å². The van der Waals surface area contributed by atoms with Gasteiger partial charge in [0.15, 0.2) is 0 Å². The molecule has 19 heavy (non-hydrogen) atoms. The van der Waals surface area contributed by atoms with Crippen LogP contribution in [0.2, 0.25) is 10.0 Å². The quantitative estimate of drug-likeness (QED) is 0.749. The average molecular weight is 321 g/mol. The molecule has 4 nitrogen and oxygen atoms in total. The molecule has 0 atom stereocenters. The summed E-state index contributed by atoms with van der Waals surface area (Å²) < 4.78 is 0. The highest BCUT2D eigenvalue weighted by Gasteiger charge is 2.37. The minimum absolute atomic E-state index is 0.402. The highest BCUT2D eigenvalue weighted by atomic mass is 35.5. The van der Waals surface area contributed by atoms with E-state index in [0.29, 0.717) is 28.6 Å². The van der Waals surface area contributed by atoms with Gasteiger partial charge in [-0.05, 0) is 36.5 Å². The lowest BCUT2D eigenvalue weighted by Crippen LogP contribution is -2.50. The number of rotatable bonds is 3. The summed E-state index contributed by atoms with van der Waals surface area (Å²) in [6, 6.07) is 5.03. The minimum Gasteiger partial charge on any atom is -0.380 e. The molecule has 0 aliphatic carbocycles. The zero-order valence-electron chi connectivity index (χ0n) is 10.1. The average Bonchev–Trinajstić information content (AvgIpc) is 2.38. The van der Waals surface area contributed by atoms with E-state index in [9.17, 15) is 9.90 Å². The number of anilines is 1. The first-order chi connectivity index (χ1) is 9.03. The van der Waals surface area contributed by atoms with Crippen LogP contribution in [0.4, 0.5) is 5.69 Å². The summed E-state index contributed by atoms with van der Waals surface area (Å²) in [5.41, 5.74) is 4.26. The Hall–Kier alpha value is -0.620. The van der Waals surface area contributed by atoms with Crippen LogP contribution >= 0.6 is 35.0 Å². The number of benzene rings is 1. The second-order valence-corrected chi connectivity index (χ2v) is 6.36. The van der Waals surface area contributed by atoms with Gasteiger partial charge in [0, 0.05) is 0 Å². The van der Waals surface area contributed by atoms with Gasteiger partial charge < -0.3 is 5.11 Å². The van der Waals surface area contributed by atoms with Gasteiger partial charge in [-0.15, -0.1) is 0 Å². The molecule has 1 heterocycles. The van der Waals surface area contributed by atoms with E-state index in [4.69, 9.17) is 23.2 Å². The molecule has 0 radical (unpaired) electrons. The third kappa shape index (κ3) is 3.48. The van der Waals surface area contributed by atoms with Crippen LogP contribution in [-0.4, -0.2) is 28.1 Å². The summed E-state index contributed by atoms with van der Waals surface area (Å²) in [6.07, 6.45) is 0.892. The van der Waals surface area contributed by atoms with Gasteiger partial charge >= 0.3 is 0 Å². The molecule has 1 saturated heterocycles. The van der Waals surface area contributed by atoms with Gasteiger partial charge in [0.1, 0.15) is 5.60 Å². The molecule has 0 unspecified atom stereocenters. The lowest BCUT2D eigenvalue weighted by atomic mass is 9.96. The maximum Gasteiger partial charge on any atom is 0.270 e. The number of hydrogen-bond acceptors (Lipinski definition) is 4. The number of carbonyl (C=O) groups excluding carboxylic acids is 1. The number of halogens is 2. The molecular formula is C12H14Cl2N2O2S. The number of amides is 1. The fraction of sp³-hybridized carbons (Fsp3) is 0.417. The first kappa shape index (κ1) is 14.8. The molecule has 3 N–H and O–H groups in total. The van der Waals surface area contributed by atoms with Gasteiger partial charge in [-0.25, -0.2) is 0 Å². The summed E-state index contributed by atoms with van der Waals surface area (Å²) in [4.78, 5) is 12.0. The normalized spacial score (nSPS) is 17.8. The van der Waals surface area contributed by atoms with Crippen LogP contribution in [0.3, 0.4) is 0 Å². The predicted molar refractivity (Wildman–Crippen MR) is 79.7 cm³/mol. The molecule has 0 spiro atoms. The summed E-state index contributed by atoms with van der Waals surface area (Å²) in [6.45, 7) is 0. The zero-order valence-corrected chi connectivity index (χ0v) is 12.4. The number of carbonyl (C=O) groups is 1. The van der Waals surface area contributed by atoms with Crippen LogP contribution in [-0.2, 0) is 4.79 Å².